The third-order valence-electron chi connectivity index (χ3n) is 1.76. The zero-order chi connectivity index (χ0) is 11.3. The summed E-state index contributed by atoms with van der Waals surface area (Å²) in [6, 6.07) is 3.32. The van der Waals surface area contributed by atoms with Crippen LogP contribution >= 0.6 is 0 Å². The van der Waals surface area contributed by atoms with Crippen LogP contribution in [0.2, 0.25) is 0 Å². The van der Waals surface area contributed by atoms with Crippen LogP contribution in [0.15, 0.2) is 24.4 Å². The summed E-state index contributed by atoms with van der Waals surface area (Å²) in [7, 11) is 1.31. The predicted octanol–water partition coefficient (Wildman–Crippen LogP) is 1.47. The van der Waals surface area contributed by atoms with Crippen LogP contribution in [-0.2, 0) is 9.53 Å². The summed E-state index contributed by atoms with van der Waals surface area (Å²) >= 11 is 0. The molecule has 1 aromatic rings. The first-order valence-electron chi connectivity index (χ1n) is 4.36. The second-order valence-corrected chi connectivity index (χ2v) is 2.89. The van der Waals surface area contributed by atoms with Crippen LogP contribution < -0.4 is 0 Å². The van der Waals surface area contributed by atoms with Crippen LogP contribution in [-0.4, -0.2) is 23.8 Å². The Morgan fingerprint density at radius 3 is 2.60 bits per heavy atom. The fraction of sp³-hybridized carbons (Fsp3) is 0.182. The summed E-state index contributed by atoms with van der Waals surface area (Å²) in [6.45, 7) is 1.45. The summed E-state index contributed by atoms with van der Waals surface area (Å²) in [4.78, 5) is 25.6. The summed E-state index contributed by atoms with van der Waals surface area (Å²) in [5.41, 5.74) is 1.15. The molecule has 78 valence electrons. The van der Waals surface area contributed by atoms with Crippen molar-refractivity contribution in [2.45, 2.75) is 6.92 Å². The van der Waals surface area contributed by atoms with Crippen molar-refractivity contribution in [2.75, 3.05) is 7.11 Å². The SMILES string of the molecule is COC(=O)C=Cc1ccc(C(C)=O)nc1. The molecule has 15 heavy (non-hydrogen) atoms. The number of nitrogens with zero attached hydrogens (tertiary/aromatic N) is 1. The molecule has 0 atom stereocenters. The molecule has 0 aliphatic heterocycles. The van der Waals surface area contributed by atoms with Gasteiger partial charge in [0.15, 0.2) is 5.78 Å². The van der Waals surface area contributed by atoms with E-state index in [2.05, 4.69) is 9.72 Å². The van der Waals surface area contributed by atoms with Gasteiger partial charge in [-0.3, -0.25) is 9.78 Å². The Kier molecular flexibility index (Phi) is 3.74. The third kappa shape index (κ3) is 3.34. The van der Waals surface area contributed by atoms with Crippen molar-refractivity contribution in [1.82, 2.24) is 4.98 Å². The van der Waals surface area contributed by atoms with E-state index in [0.29, 0.717) is 5.69 Å². The number of carbonyl (C=O) groups excluding carboxylic acids is 2. The number of methoxy groups -OCH3 is 1. The van der Waals surface area contributed by atoms with Crippen LogP contribution in [0.5, 0.6) is 0 Å². The Balaban J connectivity index is 2.77. The molecule has 0 radical (unpaired) electrons. The number of rotatable bonds is 3. The molecule has 0 aliphatic rings. The van der Waals surface area contributed by atoms with Crippen LogP contribution in [0.3, 0.4) is 0 Å². The molecule has 0 unspecified atom stereocenters. The van der Waals surface area contributed by atoms with Gasteiger partial charge < -0.3 is 4.74 Å². The van der Waals surface area contributed by atoms with Crippen LogP contribution in [0.1, 0.15) is 23.0 Å². The monoisotopic (exact) mass is 205 g/mol. The van der Waals surface area contributed by atoms with E-state index in [0.717, 1.165) is 5.56 Å². The highest BCUT2D eigenvalue weighted by Gasteiger charge is 1.99. The van der Waals surface area contributed by atoms with Gasteiger partial charge in [0, 0.05) is 19.2 Å². The molecule has 1 rings (SSSR count). The summed E-state index contributed by atoms with van der Waals surface area (Å²) < 4.78 is 4.43. The number of Topliss-reactive ketones (excluding diaryl/α,β-unsaturated/α-hetero) is 1. The van der Waals surface area contributed by atoms with E-state index in [-0.39, 0.29) is 5.78 Å². The van der Waals surface area contributed by atoms with Gasteiger partial charge in [-0.15, -0.1) is 0 Å². The van der Waals surface area contributed by atoms with Crippen molar-refractivity contribution >= 4 is 17.8 Å². The minimum Gasteiger partial charge on any atom is -0.466 e. The number of hydrogen-bond acceptors (Lipinski definition) is 4. The van der Waals surface area contributed by atoms with E-state index in [9.17, 15) is 9.59 Å². The number of ketones is 1. The molecule has 0 spiro atoms. The largest absolute Gasteiger partial charge is 0.466 e. The first-order valence-corrected chi connectivity index (χ1v) is 4.36. The molecule has 0 aliphatic carbocycles. The standard InChI is InChI=1S/C11H11NO3/c1-8(13)10-5-3-9(7-12-10)4-6-11(14)15-2/h3-7H,1-2H3. The molecule has 0 N–H and O–H groups in total. The summed E-state index contributed by atoms with van der Waals surface area (Å²) in [5, 5.41) is 0. The van der Waals surface area contributed by atoms with Gasteiger partial charge >= 0.3 is 5.97 Å². The summed E-state index contributed by atoms with van der Waals surface area (Å²) in [6.07, 6.45) is 4.39. The van der Waals surface area contributed by atoms with Crippen molar-refractivity contribution in [3.63, 3.8) is 0 Å². The average molecular weight is 205 g/mol. The summed E-state index contributed by atoms with van der Waals surface area (Å²) in [5.74, 6) is -0.510. The zero-order valence-electron chi connectivity index (χ0n) is 8.56. The first kappa shape index (κ1) is 11.1. The Bertz CT molecular complexity index is 393. The lowest BCUT2D eigenvalue weighted by Gasteiger charge is -1.95. The van der Waals surface area contributed by atoms with Gasteiger partial charge in [0.2, 0.25) is 0 Å². The van der Waals surface area contributed by atoms with E-state index in [1.807, 2.05) is 0 Å². The molecular formula is C11H11NO3. The molecule has 4 nitrogen and oxygen atoms in total. The van der Waals surface area contributed by atoms with E-state index in [1.54, 1.807) is 18.2 Å². The number of hydrogen-bond donors (Lipinski definition) is 0. The lowest BCUT2D eigenvalue weighted by Crippen LogP contribution is -1.96. The van der Waals surface area contributed by atoms with Gasteiger partial charge in [-0.2, -0.15) is 0 Å². The fourth-order valence-corrected chi connectivity index (χ4v) is 0.944. The Morgan fingerprint density at radius 2 is 2.13 bits per heavy atom. The van der Waals surface area contributed by atoms with Crippen molar-refractivity contribution in [3.8, 4) is 0 Å². The fourth-order valence-electron chi connectivity index (χ4n) is 0.944. The lowest BCUT2D eigenvalue weighted by molar-refractivity contribution is -0.134. The van der Waals surface area contributed by atoms with Gasteiger partial charge in [0.25, 0.3) is 0 Å². The highest BCUT2D eigenvalue weighted by molar-refractivity contribution is 5.92. The molecule has 0 amide bonds. The molecule has 0 saturated heterocycles. The van der Waals surface area contributed by atoms with E-state index < -0.39 is 5.97 Å². The Morgan fingerprint density at radius 1 is 1.40 bits per heavy atom. The number of aromatic nitrogens is 1. The average Bonchev–Trinajstić information content (AvgIpc) is 2.26. The predicted molar refractivity (Wildman–Crippen MR) is 55.3 cm³/mol. The lowest BCUT2D eigenvalue weighted by atomic mass is 10.2. The molecule has 0 saturated carbocycles. The second-order valence-electron chi connectivity index (χ2n) is 2.89. The van der Waals surface area contributed by atoms with Crippen molar-refractivity contribution in [2.24, 2.45) is 0 Å². The van der Waals surface area contributed by atoms with Gasteiger partial charge in [-0.25, -0.2) is 4.79 Å². The van der Waals surface area contributed by atoms with Gasteiger partial charge in [0.1, 0.15) is 5.69 Å². The topological polar surface area (TPSA) is 56.3 Å². The molecule has 1 aromatic heterocycles. The van der Waals surface area contributed by atoms with Crippen molar-refractivity contribution < 1.29 is 14.3 Å². The normalized spacial score (nSPS) is 10.3. The third-order valence-corrected chi connectivity index (χ3v) is 1.76. The maximum absolute atomic E-state index is 10.9. The van der Waals surface area contributed by atoms with Crippen LogP contribution in [0, 0.1) is 0 Å². The quantitative estimate of drug-likeness (QED) is 0.426. The van der Waals surface area contributed by atoms with E-state index in [1.165, 1.54) is 26.3 Å². The number of esters is 1. The van der Waals surface area contributed by atoms with Gasteiger partial charge in [-0.1, -0.05) is 6.07 Å². The minimum absolute atomic E-state index is 0.0847. The minimum atomic E-state index is -0.425. The highest BCUT2D eigenvalue weighted by Crippen LogP contribution is 2.03. The number of carbonyl (C=O) groups is 2. The Labute approximate surface area is 87.6 Å². The number of ether oxygens (including phenoxy) is 1. The molecular weight excluding hydrogens is 194 g/mol. The van der Waals surface area contributed by atoms with Crippen molar-refractivity contribution in [3.05, 3.63) is 35.7 Å². The number of pyridine rings is 1. The van der Waals surface area contributed by atoms with E-state index in [4.69, 9.17) is 0 Å². The molecule has 1 heterocycles. The van der Waals surface area contributed by atoms with Gasteiger partial charge in [-0.05, 0) is 17.7 Å². The van der Waals surface area contributed by atoms with Crippen molar-refractivity contribution in [1.29, 1.82) is 0 Å². The molecule has 0 bridgehead atoms. The van der Waals surface area contributed by atoms with Gasteiger partial charge in [0.05, 0.1) is 7.11 Å². The second kappa shape index (κ2) is 5.05. The van der Waals surface area contributed by atoms with Crippen LogP contribution in [0.25, 0.3) is 6.08 Å². The highest BCUT2D eigenvalue weighted by atomic mass is 16.5. The molecule has 4 heteroatoms. The van der Waals surface area contributed by atoms with E-state index >= 15 is 0 Å². The zero-order valence-corrected chi connectivity index (χ0v) is 8.56. The maximum atomic E-state index is 10.9. The Hall–Kier alpha value is -1.97. The smallest absolute Gasteiger partial charge is 0.330 e. The first-order chi connectivity index (χ1) is 7.13. The maximum Gasteiger partial charge on any atom is 0.330 e. The molecule has 0 aromatic carbocycles. The van der Waals surface area contributed by atoms with Crippen LogP contribution in [0.4, 0.5) is 0 Å². The molecule has 0 fully saturated rings.